The Hall–Kier alpha value is -3.72. The third-order valence-electron chi connectivity index (χ3n) is 19.7. The molecule has 11 rings (SSSR count). The number of aryl methyl sites for hydroxylation is 2. The van der Waals surface area contributed by atoms with Crippen molar-refractivity contribution in [1.29, 1.82) is 0 Å². The lowest BCUT2D eigenvalue weighted by atomic mass is 9.29. The van der Waals surface area contributed by atoms with E-state index in [1.807, 2.05) is 0 Å². The van der Waals surface area contributed by atoms with Gasteiger partial charge in [0.2, 0.25) is 0 Å². The van der Waals surface area contributed by atoms with Gasteiger partial charge in [0.1, 0.15) is 0 Å². The zero-order valence-electron chi connectivity index (χ0n) is 42.9. The molecule has 64 heavy (non-hydrogen) atoms. The van der Waals surface area contributed by atoms with Crippen LogP contribution < -0.4 is 15.3 Å². The molecular weight excluding hydrogens is 771 g/mol. The van der Waals surface area contributed by atoms with Crippen molar-refractivity contribution in [3.63, 3.8) is 0 Å². The minimum Gasteiger partial charge on any atom is -0.315 e. The SMILES string of the molecule is Cc1cc2c3c(c1)N(c1cc4c(cc1C)C(C)CCC4C)C1=C(C=C4C(C1)C(C)(C)CCC4(C)C)B3C1=C(CC3=C1C(C)(C)CCC3(C)C)N2c1ccc2c(c1)C(C)(C)CCC2(C)C. The minimum atomic E-state index is 0.0913. The first-order valence-electron chi connectivity index (χ1n) is 25.8. The molecule has 0 amide bonds. The lowest BCUT2D eigenvalue weighted by Gasteiger charge is -2.54. The van der Waals surface area contributed by atoms with Crippen molar-refractivity contribution in [2.75, 3.05) is 9.80 Å². The van der Waals surface area contributed by atoms with Gasteiger partial charge in [-0.05, 0) is 208 Å². The minimum absolute atomic E-state index is 0.0913. The van der Waals surface area contributed by atoms with Crippen molar-refractivity contribution in [1.82, 2.24) is 0 Å². The summed E-state index contributed by atoms with van der Waals surface area (Å²) in [5.74, 6) is 1.69. The molecule has 6 aliphatic carbocycles. The van der Waals surface area contributed by atoms with Gasteiger partial charge in [-0.3, -0.25) is 0 Å². The largest absolute Gasteiger partial charge is 0.315 e. The van der Waals surface area contributed by atoms with Crippen molar-refractivity contribution in [2.45, 2.75) is 198 Å². The van der Waals surface area contributed by atoms with Gasteiger partial charge in [-0.1, -0.05) is 126 Å². The number of rotatable bonds is 2. The molecule has 2 aliphatic heterocycles. The first-order valence-corrected chi connectivity index (χ1v) is 25.8. The Morgan fingerprint density at radius 2 is 1.17 bits per heavy atom. The van der Waals surface area contributed by atoms with Gasteiger partial charge >= 0.3 is 0 Å². The van der Waals surface area contributed by atoms with E-state index in [4.69, 9.17) is 0 Å². The van der Waals surface area contributed by atoms with Crippen LogP contribution in [0.15, 0.2) is 87.6 Å². The Labute approximate surface area is 389 Å². The van der Waals surface area contributed by atoms with E-state index >= 15 is 0 Å². The van der Waals surface area contributed by atoms with Gasteiger partial charge < -0.3 is 9.80 Å². The topological polar surface area (TPSA) is 6.48 Å². The first kappa shape index (κ1) is 42.9. The molecule has 0 bridgehead atoms. The third-order valence-corrected chi connectivity index (χ3v) is 19.7. The summed E-state index contributed by atoms with van der Waals surface area (Å²) in [6.45, 7) is 40.6. The standard InChI is InChI=1S/C61H79BN2/c1-35-27-50-54-51(28-35)64(48-31-41-37(3)18-17-36(2)40(41)29-38(48)4)49-33-45-44(58(9,10)23-24-59(45,11)12)32-47(49)62(54)55-52(34-46-53(55)61(15,16)26-25-60(46,13)14)63(50)39-19-20-42-43(30-39)57(7,8)22-21-56(42,5)6/h19-20,27-32,36-37,45H,17-18,21-26,33-34H2,1-16H3. The highest BCUT2D eigenvalue weighted by molar-refractivity contribution is 6.91. The molecule has 8 aliphatic rings. The predicted octanol–water partition coefficient (Wildman–Crippen LogP) is 16.6. The average molecular weight is 851 g/mol. The van der Waals surface area contributed by atoms with Crippen LogP contribution in [-0.2, 0) is 10.8 Å². The van der Waals surface area contributed by atoms with Crippen LogP contribution in [-0.4, -0.2) is 6.71 Å². The van der Waals surface area contributed by atoms with Gasteiger partial charge in [0.05, 0.1) is 0 Å². The summed E-state index contributed by atoms with van der Waals surface area (Å²) in [4.78, 5) is 5.70. The Kier molecular flexibility index (Phi) is 9.03. The highest BCUT2D eigenvalue weighted by Crippen LogP contribution is 2.64. The molecule has 0 spiro atoms. The van der Waals surface area contributed by atoms with Gasteiger partial charge in [-0.25, -0.2) is 0 Å². The molecule has 0 saturated heterocycles. The molecule has 3 aromatic carbocycles. The van der Waals surface area contributed by atoms with Crippen molar-refractivity contribution >= 4 is 34.9 Å². The molecule has 2 nitrogen and oxygen atoms in total. The van der Waals surface area contributed by atoms with Crippen molar-refractivity contribution < 1.29 is 0 Å². The number of hydrogen-bond donors (Lipinski definition) is 0. The van der Waals surface area contributed by atoms with Gasteiger partial charge in [-0.2, -0.15) is 0 Å². The van der Waals surface area contributed by atoms with Crippen LogP contribution in [0.2, 0.25) is 0 Å². The summed E-state index contributed by atoms with van der Waals surface area (Å²) in [6, 6.07) is 18.2. The maximum atomic E-state index is 2.87. The van der Waals surface area contributed by atoms with Crippen LogP contribution in [0.4, 0.5) is 22.7 Å². The number of nitrogens with zero attached hydrogens (tertiary/aromatic N) is 2. The van der Waals surface area contributed by atoms with Crippen LogP contribution in [0.5, 0.6) is 0 Å². The normalized spacial score (nSPS) is 28.4. The molecule has 2 heterocycles. The van der Waals surface area contributed by atoms with Crippen molar-refractivity contribution in [2.24, 2.45) is 27.6 Å². The molecule has 3 aromatic rings. The molecule has 0 radical (unpaired) electrons. The number of hydrogen-bond acceptors (Lipinski definition) is 2. The molecule has 1 fully saturated rings. The van der Waals surface area contributed by atoms with Crippen LogP contribution >= 0.6 is 0 Å². The fraction of sp³-hybridized carbons (Fsp3) is 0.574. The van der Waals surface area contributed by atoms with Crippen molar-refractivity contribution in [3.8, 4) is 0 Å². The second-order valence-electron chi connectivity index (χ2n) is 26.8. The smallest absolute Gasteiger partial charge is 0.251 e. The molecule has 3 heteroatoms. The highest BCUT2D eigenvalue weighted by atomic mass is 15.2. The quantitative estimate of drug-likeness (QED) is 0.237. The number of anilines is 4. The van der Waals surface area contributed by atoms with E-state index in [1.165, 1.54) is 90.7 Å². The van der Waals surface area contributed by atoms with E-state index < -0.39 is 0 Å². The zero-order valence-corrected chi connectivity index (χ0v) is 42.9. The Bertz CT molecular complexity index is 2700. The number of fused-ring (bicyclic) bond motifs is 6. The molecule has 336 valence electrons. The molecule has 0 N–H and O–H groups in total. The first-order chi connectivity index (χ1) is 29.8. The molecule has 3 atom stereocenters. The lowest BCUT2D eigenvalue weighted by molar-refractivity contribution is 0.121. The Balaban J connectivity index is 1.26. The van der Waals surface area contributed by atoms with E-state index in [0.717, 1.165) is 12.8 Å². The maximum absolute atomic E-state index is 2.87. The van der Waals surface area contributed by atoms with Gasteiger partial charge in [0, 0.05) is 40.6 Å². The lowest BCUT2D eigenvalue weighted by Crippen LogP contribution is -2.53. The highest BCUT2D eigenvalue weighted by Gasteiger charge is 2.56. The zero-order chi connectivity index (χ0) is 45.6. The van der Waals surface area contributed by atoms with Crippen LogP contribution in [0.3, 0.4) is 0 Å². The molecular formula is C61H79BN2. The summed E-state index contributed by atoms with van der Waals surface area (Å²) in [7, 11) is 0. The van der Waals surface area contributed by atoms with Crippen LogP contribution in [0.25, 0.3) is 0 Å². The predicted molar refractivity (Wildman–Crippen MR) is 275 cm³/mol. The number of benzene rings is 3. The van der Waals surface area contributed by atoms with Crippen LogP contribution in [0.1, 0.15) is 206 Å². The Morgan fingerprint density at radius 1 is 0.578 bits per heavy atom. The molecule has 0 aromatic heterocycles. The van der Waals surface area contributed by atoms with E-state index in [-0.39, 0.29) is 39.2 Å². The van der Waals surface area contributed by atoms with Crippen molar-refractivity contribution in [3.05, 3.63) is 121 Å². The molecule has 1 saturated carbocycles. The summed E-state index contributed by atoms with van der Waals surface area (Å²) >= 11 is 0. The van der Waals surface area contributed by atoms with Gasteiger partial charge in [0.15, 0.2) is 0 Å². The Morgan fingerprint density at radius 3 is 1.86 bits per heavy atom. The van der Waals surface area contributed by atoms with E-state index in [2.05, 4.69) is 169 Å². The van der Waals surface area contributed by atoms with E-state index in [0.29, 0.717) is 17.8 Å². The van der Waals surface area contributed by atoms with Crippen LogP contribution in [0, 0.1) is 41.4 Å². The number of allylic oxidation sites excluding steroid dienone is 7. The average Bonchev–Trinajstić information content (AvgIpc) is 3.64. The molecule has 3 unspecified atom stereocenters. The second-order valence-corrected chi connectivity index (χ2v) is 26.8. The maximum Gasteiger partial charge on any atom is 0.251 e. The summed E-state index contributed by atoms with van der Waals surface area (Å²) in [5, 5.41) is 0. The summed E-state index contributed by atoms with van der Waals surface area (Å²) in [5.41, 5.74) is 28.7. The van der Waals surface area contributed by atoms with Gasteiger partial charge in [0.25, 0.3) is 6.71 Å². The summed E-state index contributed by atoms with van der Waals surface area (Å²) in [6.07, 6.45) is 15.0. The fourth-order valence-electron chi connectivity index (χ4n) is 15.1. The fourth-order valence-corrected chi connectivity index (χ4v) is 15.1. The monoisotopic (exact) mass is 851 g/mol. The third kappa shape index (κ3) is 5.95. The van der Waals surface area contributed by atoms with E-state index in [1.54, 1.807) is 61.3 Å². The van der Waals surface area contributed by atoms with Gasteiger partial charge in [-0.15, -0.1) is 0 Å². The van der Waals surface area contributed by atoms with E-state index in [9.17, 15) is 0 Å². The summed E-state index contributed by atoms with van der Waals surface area (Å²) < 4.78 is 0. The second kappa shape index (κ2) is 13.5.